The quantitative estimate of drug-likeness (QED) is 0.660. The second-order valence-electron chi connectivity index (χ2n) is 8.34. The summed E-state index contributed by atoms with van der Waals surface area (Å²) in [5.74, 6) is -0.262. The number of urea groups is 1. The molecule has 7 nitrogen and oxygen atoms in total. The van der Waals surface area contributed by atoms with Crippen molar-refractivity contribution in [2.45, 2.75) is 63.0 Å². The number of hydrogen-bond acceptors (Lipinski definition) is 5. The van der Waals surface area contributed by atoms with E-state index >= 15 is 0 Å². The zero-order chi connectivity index (χ0) is 16.9. The summed E-state index contributed by atoms with van der Waals surface area (Å²) in [5, 5.41) is 15.5. The lowest BCUT2D eigenvalue weighted by Gasteiger charge is -2.58. The maximum atomic E-state index is 12.6. The highest BCUT2D eigenvalue weighted by Gasteiger charge is 2.60. The number of rotatable bonds is 4. The number of amides is 3. The van der Waals surface area contributed by atoms with E-state index in [1.807, 2.05) is 0 Å². The molecule has 0 aromatic rings. The second kappa shape index (κ2) is 5.44. The van der Waals surface area contributed by atoms with Gasteiger partial charge in [-0.1, -0.05) is 0 Å². The predicted octanol–water partition coefficient (Wildman–Crippen LogP) is 0.849. The van der Waals surface area contributed by atoms with Crippen molar-refractivity contribution in [1.29, 1.82) is 0 Å². The molecule has 24 heavy (non-hydrogen) atoms. The molecule has 5 fully saturated rings. The summed E-state index contributed by atoms with van der Waals surface area (Å²) < 4.78 is 5.21. The average Bonchev–Trinajstić information content (AvgIpc) is 3.25. The summed E-state index contributed by atoms with van der Waals surface area (Å²) in [6.45, 7) is -0.452. The monoisotopic (exact) mass is 336 g/mol. The number of ether oxygens (including phenoxy) is 1. The maximum Gasteiger partial charge on any atom is 0.321 e. The van der Waals surface area contributed by atoms with Crippen LogP contribution in [0.3, 0.4) is 0 Å². The molecular weight excluding hydrogens is 312 g/mol. The smallest absolute Gasteiger partial charge is 0.321 e. The summed E-state index contributed by atoms with van der Waals surface area (Å²) in [7, 11) is 0. The highest BCUT2D eigenvalue weighted by Crippen LogP contribution is 2.61. The lowest BCUT2D eigenvalue weighted by molar-refractivity contribution is -0.196. The minimum Gasteiger partial charge on any atom is -0.455 e. The molecule has 3 amide bonds. The zero-order valence-electron chi connectivity index (χ0n) is 13.7. The van der Waals surface area contributed by atoms with Gasteiger partial charge >= 0.3 is 12.0 Å². The first-order chi connectivity index (χ1) is 11.4. The number of hydrogen-bond donors (Lipinski definition) is 3. The fourth-order valence-electron chi connectivity index (χ4n) is 5.35. The Morgan fingerprint density at radius 1 is 1.08 bits per heavy atom. The van der Waals surface area contributed by atoms with Crippen molar-refractivity contribution in [3.05, 3.63) is 0 Å². The van der Waals surface area contributed by atoms with Crippen LogP contribution >= 0.6 is 0 Å². The molecule has 5 rings (SSSR count). The number of esters is 1. The van der Waals surface area contributed by atoms with Crippen LogP contribution < -0.4 is 10.6 Å². The number of carbonyl (C=O) groups is 3. The van der Waals surface area contributed by atoms with Gasteiger partial charge in [0.15, 0.2) is 6.61 Å². The Morgan fingerprint density at radius 2 is 1.75 bits per heavy atom. The van der Waals surface area contributed by atoms with Crippen LogP contribution in [-0.4, -0.2) is 41.3 Å². The Labute approximate surface area is 140 Å². The van der Waals surface area contributed by atoms with E-state index in [-0.39, 0.29) is 6.04 Å². The molecule has 0 aromatic heterocycles. The molecule has 2 unspecified atom stereocenters. The van der Waals surface area contributed by atoms with E-state index < -0.39 is 35.5 Å². The van der Waals surface area contributed by atoms with Gasteiger partial charge in [0, 0.05) is 6.04 Å². The SMILES string of the molecule is O=C(COC(=O)C12C[C@@H]3C[C@@H](CC(O)(C3)C1)C2)NC(=O)NC1CC1. The Morgan fingerprint density at radius 3 is 2.33 bits per heavy atom. The van der Waals surface area contributed by atoms with E-state index in [0.717, 1.165) is 44.9 Å². The molecule has 0 aromatic carbocycles. The number of aliphatic hydroxyl groups is 1. The molecule has 0 saturated heterocycles. The van der Waals surface area contributed by atoms with Gasteiger partial charge in [-0.05, 0) is 63.2 Å². The number of imide groups is 1. The standard InChI is InChI=1S/C17H24N2O5/c20-13(19-15(22)18-12-1-2-12)8-24-14(21)16-4-10-3-11(5-16)7-17(23,6-10)9-16/h10-12,23H,1-9H2,(H2,18,19,20,22)/t10-,11+,16?,17?. The van der Waals surface area contributed by atoms with Gasteiger partial charge in [-0.25, -0.2) is 4.79 Å². The summed E-state index contributed by atoms with van der Waals surface area (Å²) in [6, 6.07) is -0.379. The van der Waals surface area contributed by atoms with Crippen LogP contribution in [0.2, 0.25) is 0 Å². The Bertz CT molecular complexity index is 572. The van der Waals surface area contributed by atoms with Gasteiger partial charge in [-0.2, -0.15) is 0 Å². The largest absolute Gasteiger partial charge is 0.455 e. The van der Waals surface area contributed by atoms with E-state index in [0.29, 0.717) is 18.3 Å². The Balaban J connectivity index is 1.31. The third-order valence-corrected chi connectivity index (χ3v) is 5.96. The van der Waals surface area contributed by atoms with Crippen molar-refractivity contribution < 1.29 is 24.2 Å². The summed E-state index contributed by atoms with van der Waals surface area (Å²) in [6.07, 6.45) is 6.44. The van der Waals surface area contributed by atoms with E-state index in [2.05, 4.69) is 10.6 Å². The van der Waals surface area contributed by atoms with E-state index in [4.69, 9.17) is 4.74 Å². The minimum absolute atomic E-state index is 0.160. The van der Waals surface area contributed by atoms with E-state index in [1.54, 1.807) is 0 Å². The van der Waals surface area contributed by atoms with Gasteiger partial charge < -0.3 is 15.2 Å². The van der Waals surface area contributed by atoms with Crippen LogP contribution in [0.4, 0.5) is 4.79 Å². The molecule has 5 aliphatic carbocycles. The first kappa shape index (κ1) is 15.9. The lowest BCUT2D eigenvalue weighted by Crippen LogP contribution is -2.58. The fourth-order valence-corrected chi connectivity index (χ4v) is 5.35. The molecule has 4 bridgehead atoms. The molecule has 4 atom stereocenters. The van der Waals surface area contributed by atoms with Gasteiger partial charge in [0.1, 0.15) is 0 Å². The maximum absolute atomic E-state index is 12.6. The lowest BCUT2D eigenvalue weighted by atomic mass is 9.48. The van der Waals surface area contributed by atoms with Crippen molar-refractivity contribution in [3.63, 3.8) is 0 Å². The average molecular weight is 336 g/mol. The molecule has 0 aliphatic heterocycles. The van der Waals surface area contributed by atoms with Gasteiger partial charge in [-0.3, -0.25) is 14.9 Å². The molecule has 5 aliphatic rings. The number of nitrogens with one attached hydrogen (secondary N) is 2. The van der Waals surface area contributed by atoms with Crippen molar-refractivity contribution >= 4 is 17.9 Å². The normalized spacial score (nSPS) is 39.4. The highest BCUT2D eigenvalue weighted by atomic mass is 16.5. The molecule has 0 spiro atoms. The van der Waals surface area contributed by atoms with Crippen molar-refractivity contribution in [2.24, 2.45) is 17.3 Å². The van der Waals surface area contributed by atoms with Gasteiger partial charge in [0.05, 0.1) is 11.0 Å². The Kier molecular flexibility index (Phi) is 3.60. The molecule has 3 N–H and O–H groups in total. The minimum atomic E-state index is -0.741. The third kappa shape index (κ3) is 3.01. The van der Waals surface area contributed by atoms with E-state index in [9.17, 15) is 19.5 Å². The summed E-state index contributed by atoms with van der Waals surface area (Å²) in [5.41, 5.74) is -1.38. The Hall–Kier alpha value is -1.63. The first-order valence-corrected chi connectivity index (χ1v) is 8.86. The van der Waals surface area contributed by atoms with Crippen LogP contribution in [0.15, 0.2) is 0 Å². The molecule has 0 heterocycles. The molecular formula is C17H24N2O5. The second-order valence-corrected chi connectivity index (χ2v) is 8.34. The molecule has 7 heteroatoms. The topological polar surface area (TPSA) is 105 Å². The van der Waals surface area contributed by atoms with Crippen LogP contribution in [0, 0.1) is 17.3 Å². The van der Waals surface area contributed by atoms with Crippen molar-refractivity contribution in [1.82, 2.24) is 10.6 Å². The molecule has 132 valence electrons. The van der Waals surface area contributed by atoms with Gasteiger partial charge in [0.25, 0.3) is 5.91 Å². The van der Waals surface area contributed by atoms with E-state index in [1.165, 1.54) is 0 Å². The zero-order valence-corrected chi connectivity index (χ0v) is 13.7. The van der Waals surface area contributed by atoms with Gasteiger partial charge in [-0.15, -0.1) is 0 Å². The summed E-state index contributed by atoms with van der Waals surface area (Å²) >= 11 is 0. The van der Waals surface area contributed by atoms with Crippen molar-refractivity contribution in [3.8, 4) is 0 Å². The first-order valence-electron chi connectivity index (χ1n) is 8.86. The van der Waals surface area contributed by atoms with Crippen LogP contribution in [0.25, 0.3) is 0 Å². The molecule has 0 radical (unpaired) electrons. The molecule has 5 saturated carbocycles. The number of carbonyl (C=O) groups excluding carboxylic acids is 3. The van der Waals surface area contributed by atoms with Gasteiger partial charge in [0.2, 0.25) is 0 Å². The van der Waals surface area contributed by atoms with Crippen LogP contribution in [0.1, 0.15) is 51.4 Å². The highest BCUT2D eigenvalue weighted by molar-refractivity contribution is 5.96. The third-order valence-electron chi connectivity index (χ3n) is 5.96. The van der Waals surface area contributed by atoms with Crippen molar-refractivity contribution in [2.75, 3.05) is 6.61 Å². The van der Waals surface area contributed by atoms with Crippen LogP contribution in [0.5, 0.6) is 0 Å². The predicted molar refractivity (Wildman–Crippen MR) is 82.7 cm³/mol. The summed E-state index contributed by atoms with van der Waals surface area (Å²) in [4.78, 5) is 35.9. The fraction of sp³-hybridized carbons (Fsp3) is 0.824. The van der Waals surface area contributed by atoms with Crippen LogP contribution in [-0.2, 0) is 14.3 Å².